The third-order valence-corrected chi connectivity index (χ3v) is 4.67. The van der Waals surface area contributed by atoms with Crippen LogP contribution in [0.1, 0.15) is 40.7 Å². The van der Waals surface area contributed by atoms with Gasteiger partial charge in [-0.3, -0.25) is 4.79 Å². The van der Waals surface area contributed by atoms with Crippen molar-refractivity contribution in [2.45, 2.75) is 38.7 Å². The lowest BCUT2D eigenvalue weighted by Crippen LogP contribution is -2.49. The molecular formula is C17H22F2N2O. The minimum absolute atomic E-state index is 0.169. The van der Waals surface area contributed by atoms with E-state index >= 15 is 0 Å². The molecule has 0 bridgehead atoms. The Labute approximate surface area is 129 Å². The van der Waals surface area contributed by atoms with Gasteiger partial charge < -0.3 is 10.2 Å². The van der Waals surface area contributed by atoms with Crippen LogP contribution in [0.5, 0.6) is 0 Å². The molecule has 120 valence electrons. The first-order valence-electron chi connectivity index (χ1n) is 7.98. The number of amides is 1. The van der Waals surface area contributed by atoms with Crippen molar-refractivity contribution < 1.29 is 13.6 Å². The fraction of sp³-hybridized carbons (Fsp3) is 0.588. The van der Waals surface area contributed by atoms with Gasteiger partial charge in [0.15, 0.2) is 0 Å². The van der Waals surface area contributed by atoms with Crippen molar-refractivity contribution >= 4 is 5.91 Å². The molecule has 1 aliphatic heterocycles. The van der Waals surface area contributed by atoms with Crippen molar-refractivity contribution in [1.82, 2.24) is 10.2 Å². The molecule has 1 saturated heterocycles. The molecule has 1 heterocycles. The largest absolute Gasteiger partial charge is 0.348 e. The zero-order chi connectivity index (χ0) is 15.5. The quantitative estimate of drug-likeness (QED) is 0.840. The Bertz CT molecular complexity index is 541. The predicted octanol–water partition coefficient (Wildman–Crippen LogP) is 2.84. The van der Waals surface area contributed by atoms with E-state index < -0.39 is 13.3 Å². The zero-order valence-corrected chi connectivity index (χ0v) is 12.7. The van der Waals surface area contributed by atoms with Gasteiger partial charge in [-0.2, -0.15) is 0 Å². The smallest absolute Gasteiger partial charge is 0.251 e. The molecular weight excluding hydrogens is 286 g/mol. The number of hydrogen-bond donors (Lipinski definition) is 1. The van der Waals surface area contributed by atoms with E-state index in [0.717, 1.165) is 32.5 Å². The second-order valence-electron chi connectivity index (χ2n) is 6.32. The van der Waals surface area contributed by atoms with E-state index in [1.54, 1.807) is 6.07 Å². The molecule has 2 aliphatic rings. The van der Waals surface area contributed by atoms with Crippen molar-refractivity contribution in [2.24, 2.45) is 5.92 Å². The highest BCUT2D eigenvalue weighted by molar-refractivity contribution is 5.94. The lowest BCUT2D eigenvalue weighted by atomic mass is 10.0. The molecule has 1 atom stereocenters. The zero-order valence-electron chi connectivity index (χ0n) is 12.7. The maximum Gasteiger partial charge on any atom is 0.251 e. The Kier molecular flexibility index (Phi) is 4.71. The Hall–Kier alpha value is -1.49. The summed E-state index contributed by atoms with van der Waals surface area (Å²) in [4.78, 5) is 14.7. The molecule has 0 spiro atoms. The van der Waals surface area contributed by atoms with Crippen LogP contribution in [-0.4, -0.2) is 36.5 Å². The molecule has 1 saturated carbocycles. The number of rotatable bonds is 7. The molecule has 1 amide bonds. The molecule has 1 N–H and O–H groups in total. The molecule has 1 aliphatic carbocycles. The lowest BCUT2D eigenvalue weighted by molar-refractivity contribution is 0.0897. The van der Waals surface area contributed by atoms with Crippen molar-refractivity contribution in [2.75, 3.05) is 19.6 Å². The van der Waals surface area contributed by atoms with Gasteiger partial charge in [-0.1, -0.05) is 6.07 Å². The predicted molar refractivity (Wildman–Crippen MR) is 81.1 cm³/mol. The SMILES string of the molecule is O=C(NC(CN1CCC1)C1CC1)c1ccc(CF)c(CF)c1. The Morgan fingerprint density at radius 2 is 1.95 bits per heavy atom. The highest BCUT2D eigenvalue weighted by atomic mass is 19.1. The molecule has 22 heavy (non-hydrogen) atoms. The molecule has 1 aromatic rings. The van der Waals surface area contributed by atoms with E-state index in [4.69, 9.17) is 0 Å². The third-order valence-electron chi connectivity index (χ3n) is 4.67. The summed E-state index contributed by atoms with van der Waals surface area (Å²) >= 11 is 0. The van der Waals surface area contributed by atoms with Crippen LogP contribution in [0.25, 0.3) is 0 Å². The normalized spacial score (nSPS) is 19.5. The van der Waals surface area contributed by atoms with Crippen molar-refractivity contribution in [3.63, 3.8) is 0 Å². The Morgan fingerprint density at radius 1 is 1.23 bits per heavy atom. The van der Waals surface area contributed by atoms with E-state index in [9.17, 15) is 13.6 Å². The molecule has 0 radical (unpaired) electrons. The summed E-state index contributed by atoms with van der Waals surface area (Å²) in [6.07, 6.45) is 3.56. The van der Waals surface area contributed by atoms with E-state index in [1.165, 1.54) is 18.6 Å². The fourth-order valence-corrected chi connectivity index (χ4v) is 2.93. The number of nitrogens with zero attached hydrogens (tertiary/aromatic N) is 1. The van der Waals surface area contributed by atoms with Gasteiger partial charge in [-0.05, 0) is 61.5 Å². The monoisotopic (exact) mass is 308 g/mol. The summed E-state index contributed by atoms with van der Waals surface area (Å²) in [5.74, 6) is 0.382. The molecule has 0 aromatic heterocycles. The topological polar surface area (TPSA) is 32.3 Å². The Morgan fingerprint density at radius 3 is 2.50 bits per heavy atom. The number of hydrogen-bond acceptors (Lipinski definition) is 2. The van der Waals surface area contributed by atoms with Crippen LogP contribution < -0.4 is 5.32 Å². The highest BCUT2D eigenvalue weighted by Crippen LogP contribution is 2.33. The van der Waals surface area contributed by atoms with Gasteiger partial charge in [-0.15, -0.1) is 0 Å². The number of carbonyl (C=O) groups is 1. The number of alkyl halides is 2. The minimum atomic E-state index is -0.750. The first-order valence-corrected chi connectivity index (χ1v) is 7.98. The number of carbonyl (C=O) groups excluding carboxylic acids is 1. The van der Waals surface area contributed by atoms with E-state index in [1.807, 2.05) is 0 Å². The number of halogens is 2. The van der Waals surface area contributed by atoms with E-state index in [0.29, 0.717) is 17.0 Å². The highest BCUT2D eigenvalue weighted by Gasteiger charge is 2.34. The van der Waals surface area contributed by atoms with Gasteiger partial charge in [0.2, 0.25) is 0 Å². The second-order valence-corrected chi connectivity index (χ2v) is 6.32. The van der Waals surface area contributed by atoms with Crippen LogP contribution in [-0.2, 0) is 13.3 Å². The van der Waals surface area contributed by atoms with Crippen LogP contribution in [0.3, 0.4) is 0 Å². The van der Waals surface area contributed by atoms with Crippen LogP contribution in [0.4, 0.5) is 8.78 Å². The maximum atomic E-state index is 12.9. The van der Waals surface area contributed by atoms with Gasteiger partial charge in [0.1, 0.15) is 13.3 Å². The standard InChI is InChI=1S/C17H22F2N2O/c18-9-14-5-4-13(8-15(14)10-19)17(22)20-16(12-2-3-12)11-21-6-1-7-21/h4-5,8,12,16H,1-3,6-7,9-11H2,(H,20,22). The summed E-state index contributed by atoms with van der Waals surface area (Å²) in [5.41, 5.74) is 0.998. The van der Waals surface area contributed by atoms with E-state index in [-0.39, 0.29) is 17.5 Å². The van der Waals surface area contributed by atoms with Crippen molar-refractivity contribution in [3.8, 4) is 0 Å². The van der Waals surface area contributed by atoms with Crippen molar-refractivity contribution in [1.29, 1.82) is 0 Å². The lowest BCUT2D eigenvalue weighted by Gasteiger charge is -2.34. The molecule has 1 aromatic carbocycles. The molecule has 3 rings (SSSR count). The maximum absolute atomic E-state index is 12.9. The van der Waals surface area contributed by atoms with E-state index in [2.05, 4.69) is 10.2 Å². The van der Waals surface area contributed by atoms with Gasteiger partial charge in [0, 0.05) is 18.2 Å². The van der Waals surface area contributed by atoms with Crippen LogP contribution in [0, 0.1) is 5.92 Å². The summed E-state index contributed by atoms with van der Waals surface area (Å²) in [5, 5.41) is 3.09. The average molecular weight is 308 g/mol. The number of nitrogens with one attached hydrogen (secondary N) is 1. The number of benzene rings is 1. The van der Waals surface area contributed by atoms with Gasteiger partial charge in [0.05, 0.1) is 0 Å². The molecule has 3 nitrogen and oxygen atoms in total. The average Bonchev–Trinajstić information content (AvgIpc) is 3.33. The van der Waals surface area contributed by atoms with Gasteiger partial charge >= 0.3 is 0 Å². The Balaban J connectivity index is 1.66. The molecule has 2 fully saturated rings. The van der Waals surface area contributed by atoms with Crippen molar-refractivity contribution in [3.05, 3.63) is 34.9 Å². The summed E-state index contributed by atoms with van der Waals surface area (Å²) < 4.78 is 25.7. The van der Waals surface area contributed by atoms with Crippen LogP contribution >= 0.6 is 0 Å². The van der Waals surface area contributed by atoms with Crippen LogP contribution in [0.2, 0.25) is 0 Å². The fourth-order valence-electron chi connectivity index (χ4n) is 2.93. The molecule has 1 unspecified atom stereocenters. The first kappa shape index (κ1) is 15.4. The van der Waals surface area contributed by atoms with Crippen LogP contribution in [0.15, 0.2) is 18.2 Å². The summed E-state index contributed by atoms with van der Waals surface area (Å²) in [6.45, 7) is 1.66. The summed E-state index contributed by atoms with van der Waals surface area (Å²) in [7, 11) is 0. The minimum Gasteiger partial charge on any atom is -0.348 e. The second kappa shape index (κ2) is 6.73. The first-order chi connectivity index (χ1) is 10.7. The van der Waals surface area contributed by atoms with Gasteiger partial charge in [0.25, 0.3) is 5.91 Å². The third kappa shape index (κ3) is 3.46. The molecule has 5 heteroatoms. The number of likely N-dealkylation sites (tertiary alicyclic amines) is 1. The van der Waals surface area contributed by atoms with Gasteiger partial charge in [-0.25, -0.2) is 8.78 Å². The summed E-state index contributed by atoms with van der Waals surface area (Å²) in [6, 6.07) is 4.72.